The minimum Gasteiger partial charge on any atom is -0.334 e. The summed E-state index contributed by atoms with van der Waals surface area (Å²) in [6, 6.07) is 0. The van der Waals surface area contributed by atoms with Gasteiger partial charge < -0.3 is 9.88 Å². The molecule has 158 valence electrons. The number of carbonyl (C=O) groups is 1. The molecule has 2 aromatic heterocycles. The van der Waals surface area contributed by atoms with E-state index in [1.807, 2.05) is 0 Å². The summed E-state index contributed by atoms with van der Waals surface area (Å²) >= 11 is 0. The van der Waals surface area contributed by atoms with E-state index in [1.165, 1.54) is 19.3 Å². The maximum atomic E-state index is 13.1. The van der Waals surface area contributed by atoms with E-state index in [0.717, 1.165) is 72.6 Å². The van der Waals surface area contributed by atoms with Crippen molar-refractivity contribution in [2.24, 2.45) is 17.8 Å². The summed E-state index contributed by atoms with van der Waals surface area (Å²) in [6.07, 6.45) is 10.6. The first-order chi connectivity index (χ1) is 14.5. The highest BCUT2D eigenvalue weighted by atomic mass is 16.2. The molecule has 0 radical (unpaired) electrons. The van der Waals surface area contributed by atoms with Gasteiger partial charge in [-0.2, -0.15) is 5.10 Å². The number of fused-ring (bicyclic) bond motifs is 1. The summed E-state index contributed by atoms with van der Waals surface area (Å²) in [5.41, 5.74) is 3.13. The molecular weight excluding hydrogens is 378 g/mol. The maximum absolute atomic E-state index is 13.1. The van der Waals surface area contributed by atoms with Crippen LogP contribution in [0.4, 0.5) is 0 Å². The van der Waals surface area contributed by atoms with Crippen molar-refractivity contribution in [3.05, 3.63) is 44.9 Å². The Hall–Kier alpha value is -2.44. The molecule has 0 unspecified atom stereocenters. The SMILES string of the molecule is CCc1n[nH]c2c1CN(C(=O)c1cnc(C34CC5CC(CC(C5)C3)C4)[nH]c1=O)CC2. The van der Waals surface area contributed by atoms with Crippen molar-refractivity contribution in [3.63, 3.8) is 0 Å². The second-order valence-electron chi connectivity index (χ2n) is 10.1. The maximum Gasteiger partial charge on any atom is 0.263 e. The number of hydrogen-bond donors (Lipinski definition) is 2. The highest BCUT2D eigenvalue weighted by Gasteiger charge is 2.53. The molecule has 0 aromatic carbocycles. The third-order valence-corrected chi connectivity index (χ3v) is 8.21. The molecule has 2 aromatic rings. The number of aromatic amines is 2. The predicted octanol–water partition coefficient (Wildman–Crippen LogP) is 2.72. The van der Waals surface area contributed by atoms with E-state index in [9.17, 15) is 9.59 Å². The van der Waals surface area contributed by atoms with Crippen LogP contribution in [0.15, 0.2) is 11.0 Å². The van der Waals surface area contributed by atoms with E-state index in [4.69, 9.17) is 4.98 Å². The van der Waals surface area contributed by atoms with Crippen LogP contribution < -0.4 is 5.56 Å². The lowest BCUT2D eigenvalue weighted by atomic mass is 9.49. The Balaban J connectivity index is 1.27. The monoisotopic (exact) mass is 407 g/mol. The van der Waals surface area contributed by atoms with Crippen molar-refractivity contribution in [3.8, 4) is 0 Å². The van der Waals surface area contributed by atoms with Crippen LogP contribution in [-0.2, 0) is 24.8 Å². The largest absolute Gasteiger partial charge is 0.334 e. The van der Waals surface area contributed by atoms with Gasteiger partial charge in [0.15, 0.2) is 0 Å². The molecule has 4 bridgehead atoms. The Labute approximate surface area is 175 Å². The Morgan fingerprint density at radius 3 is 2.53 bits per heavy atom. The van der Waals surface area contributed by atoms with Crippen LogP contribution in [-0.4, -0.2) is 37.5 Å². The molecule has 4 saturated carbocycles. The number of nitrogens with one attached hydrogen (secondary N) is 2. The Morgan fingerprint density at radius 1 is 1.20 bits per heavy atom. The van der Waals surface area contributed by atoms with Crippen molar-refractivity contribution in [2.75, 3.05) is 6.54 Å². The quantitative estimate of drug-likeness (QED) is 0.818. The number of amides is 1. The summed E-state index contributed by atoms with van der Waals surface area (Å²) in [6.45, 7) is 3.16. The van der Waals surface area contributed by atoms with Crippen LogP contribution >= 0.6 is 0 Å². The summed E-state index contributed by atoms with van der Waals surface area (Å²) in [5.74, 6) is 2.95. The number of aryl methyl sites for hydroxylation is 1. The van der Waals surface area contributed by atoms with Gasteiger partial charge in [-0.05, 0) is 62.7 Å². The van der Waals surface area contributed by atoms with E-state index in [2.05, 4.69) is 22.1 Å². The van der Waals surface area contributed by atoms with E-state index in [-0.39, 0.29) is 22.4 Å². The molecule has 1 amide bonds. The van der Waals surface area contributed by atoms with Gasteiger partial charge in [0.25, 0.3) is 11.5 Å². The van der Waals surface area contributed by atoms with Crippen molar-refractivity contribution < 1.29 is 4.79 Å². The number of hydrogen-bond acceptors (Lipinski definition) is 4. The number of carbonyl (C=O) groups excluding carboxylic acids is 1. The van der Waals surface area contributed by atoms with Crippen molar-refractivity contribution in [1.82, 2.24) is 25.1 Å². The average Bonchev–Trinajstić information content (AvgIpc) is 3.14. The molecule has 7 nitrogen and oxygen atoms in total. The van der Waals surface area contributed by atoms with Gasteiger partial charge in [0.2, 0.25) is 0 Å². The lowest BCUT2D eigenvalue weighted by Gasteiger charge is -2.56. The highest BCUT2D eigenvalue weighted by Crippen LogP contribution is 2.59. The van der Waals surface area contributed by atoms with Gasteiger partial charge in [0.1, 0.15) is 11.4 Å². The number of H-pyrrole nitrogens is 2. The smallest absolute Gasteiger partial charge is 0.263 e. The third kappa shape index (κ3) is 2.70. The molecule has 7 heteroatoms. The van der Waals surface area contributed by atoms with Crippen LogP contribution in [0, 0.1) is 17.8 Å². The molecule has 5 aliphatic rings. The van der Waals surface area contributed by atoms with Crippen LogP contribution in [0.25, 0.3) is 0 Å². The molecule has 4 aliphatic carbocycles. The molecule has 0 atom stereocenters. The zero-order valence-electron chi connectivity index (χ0n) is 17.5. The topological polar surface area (TPSA) is 94.7 Å². The predicted molar refractivity (Wildman–Crippen MR) is 111 cm³/mol. The highest BCUT2D eigenvalue weighted by molar-refractivity contribution is 5.93. The van der Waals surface area contributed by atoms with E-state index in [1.54, 1.807) is 11.1 Å². The summed E-state index contributed by atoms with van der Waals surface area (Å²) in [5, 5.41) is 7.45. The second-order valence-corrected chi connectivity index (χ2v) is 10.1. The minimum absolute atomic E-state index is 0.0301. The van der Waals surface area contributed by atoms with Gasteiger partial charge in [-0.1, -0.05) is 6.92 Å². The van der Waals surface area contributed by atoms with Gasteiger partial charge in [-0.25, -0.2) is 4.98 Å². The first-order valence-electron chi connectivity index (χ1n) is 11.5. The molecule has 7 rings (SSSR count). The zero-order chi connectivity index (χ0) is 20.5. The third-order valence-electron chi connectivity index (χ3n) is 8.21. The first kappa shape index (κ1) is 18.3. The van der Waals surface area contributed by atoms with Gasteiger partial charge in [-0.15, -0.1) is 0 Å². The van der Waals surface area contributed by atoms with Crippen molar-refractivity contribution in [1.29, 1.82) is 0 Å². The molecule has 0 spiro atoms. The normalized spacial score (nSPS) is 31.8. The molecule has 4 fully saturated rings. The molecule has 0 saturated heterocycles. The fraction of sp³-hybridized carbons (Fsp3) is 0.652. The Kier molecular flexibility index (Phi) is 3.99. The minimum atomic E-state index is -0.283. The number of aromatic nitrogens is 4. The Bertz CT molecular complexity index is 1020. The van der Waals surface area contributed by atoms with Gasteiger partial charge in [0.05, 0.1) is 5.69 Å². The first-order valence-corrected chi connectivity index (χ1v) is 11.5. The lowest BCUT2D eigenvalue weighted by molar-refractivity contribution is -0.00955. The van der Waals surface area contributed by atoms with Gasteiger partial charge in [-0.3, -0.25) is 14.7 Å². The van der Waals surface area contributed by atoms with E-state index < -0.39 is 0 Å². The van der Waals surface area contributed by atoms with Gasteiger partial charge >= 0.3 is 0 Å². The number of nitrogens with zero attached hydrogens (tertiary/aromatic N) is 3. The Morgan fingerprint density at radius 2 is 1.90 bits per heavy atom. The summed E-state index contributed by atoms with van der Waals surface area (Å²) < 4.78 is 0. The van der Waals surface area contributed by atoms with Gasteiger partial charge in [0, 0.05) is 42.4 Å². The standard InChI is InChI=1S/C23H29N5O2/c1-2-18-17-12-28(4-3-19(17)27-26-18)21(30)16-11-24-22(25-20(16)29)23-8-13-5-14(9-23)7-15(6-13)10-23/h11,13-15H,2-10,12H2,1H3,(H,26,27)(H,24,25,29). The lowest BCUT2D eigenvalue weighted by Crippen LogP contribution is -2.50. The molecule has 1 aliphatic heterocycles. The van der Waals surface area contributed by atoms with E-state index in [0.29, 0.717) is 13.1 Å². The zero-order valence-corrected chi connectivity index (χ0v) is 17.5. The average molecular weight is 408 g/mol. The molecular formula is C23H29N5O2. The van der Waals surface area contributed by atoms with Crippen LogP contribution in [0.5, 0.6) is 0 Å². The summed E-state index contributed by atoms with van der Waals surface area (Å²) in [4.78, 5) is 35.6. The summed E-state index contributed by atoms with van der Waals surface area (Å²) in [7, 11) is 0. The molecule has 3 heterocycles. The second kappa shape index (κ2) is 6.53. The van der Waals surface area contributed by atoms with Crippen LogP contribution in [0.1, 0.15) is 78.6 Å². The van der Waals surface area contributed by atoms with Crippen molar-refractivity contribution >= 4 is 5.91 Å². The van der Waals surface area contributed by atoms with Crippen LogP contribution in [0.2, 0.25) is 0 Å². The van der Waals surface area contributed by atoms with Crippen LogP contribution in [0.3, 0.4) is 0 Å². The molecule has 2 N–H and O–H groups in total. The number of rotatable bonds is 3. The fourth-order valence-electron chi connectivity index (χ4n) is 7.21. The van der Waals surface area contributed by atoms with Crippen molar-refractivity contribution in [2.45, 2.75) is 70.3 Å². The van der Waals surface area contributed by atoms with E-state index >= 15 is 0 Å². The molecule has 30 heavy (non-hydrogen) atoms. The fourth-order valence-corrected chi connectivity index (χ4v) is 7.21.